The molecule has 0 aromatic carbocycles. The number of fused-ring (bicyclic) bond motifs is 2. The molecule has 1 aromatic rings. The zero-order chi connectivity index (χ0) is 15.4. The van der Waals surface area contributed by atoms with Crippen LogP contribution in [0.5, 0.6) is 0 Å². The molecule has 21 heavy (non-hydrogen) atoms. The molecular formula is C13H19N3O4S. The van der Waals surface area contributed by atoms with Gasteiger partial charge in [-0.3, -0.25) is 0 Å². The number of carboxylic acids is 2. The fourth-order valence-corrected chi connectivity index (χ4v) is 3.69. The van der Waals surface area contributed by atoms with Crippen molar-refractivity contribution in [3.8, 4) is 0 Å². The molecule has 0 saturated carbocycles. The van der Waals surface area contributed by atoms with Crippen LogP contribution in [-0.4, -0.2) is 56.0 Å². The highest BCUT2D eigenvalue weighted by Crippen LogP contribution is 2.40. The third kappa shape index (κ3) is 3.98. The fraction of sp³-hybridized carbons (Fsp3) is 0.692. The van der Waals surface area contributed by atoms with Crippen LogP contribution in [0.4, 0.5) is 0 Å². The van der Waals surface area contributed by atoms with Crippen LogP contribution in [0.15, 0.2) is 0 Å². The van der Waals surface area contributed by atoms with E-state index in [1.807, 2.05) is 0 Å². The lowest BCUT2D eigenvalue weighted by molar-refractivity contribution is -0.159. The van der Waals surface area contributed by atoms with E-state index in [9.17, 15) is 0 Å². The first-order valence-corrected chi connectivity index (χ1v) is 7.79. The van der Waals surface area contributed by atoms with E-state index in [-0.39, 0.29) is 0 Å². The summed E-state index contributed by atoms with van der Waals surface area (Å²) in [6, 6.07) is 0. The SMILES string of the molecule is CCCc1nsc(C2CN3CCC2C3)n1.O=C(O)C(=O)O. The first kappa shape index (κ1) is 15.8. The summed E-state index contributed by atoms with van der Waals surface area (Å²) in [5.41, 5.74) is 0. The molecule has 8 heteroatoms. The number of hydrogen-bond acceptors (Lipinski definition) is 6. The molecule has 0 amide bonds. The van der Waals surface area contributed by atoms with Crippen LogP contribution in [0.1, 0.15) is 36.5 Å². The standard InChI is InChI=1S/C11H17N3S.C2H2O4/c1-2-3-10-12-11(15-13-10)9-7-14-5-4-8(9)6-14;3-1(4)2(5)6/h8-9H,2-7H2,1H3;(H,3,4)(H,5,6). The normalized spacial score (nSPS) is 26.2. The summed E-state index contributed by atoms with van der Waals surface area (Å²) in [5, 5.41) is 16.1. The van der Waals surface area contributed by atoms with Crippen LogP contribution in [0.25, 0.3) is 0 Å². The van der Waals surface area contributed by atoms with Gasteiger partial charge >= 0.3 is 11.9 Å². The second-order valence-corrected chi connectivity index (χ2v) is 6.11. The van der Waals surface area contributed by atoms with Gasteiger partial charge in [-0.1, -0.05) is 6.92 Å². The zero-order valence-corrected chi connectivity index (χ0v) is 12.7. The molecule has 2 bridgehead atoms. The highest BCUT2D eigenvalue weighted by atomic mass is 32.1. The smallest absolute Gasteiger partial charge is 0.414 e. The van der Waals surface area contributed by atoms with Crippen molar-refractivity contribution < 1.29 is 19.8 Å². The maximum Gasteiger partial charge on any atom is 0.414 e. The predicted molar refractivity (Wildman–Crippen MR) is 76.5 cm³/mol. The summed E-state index contributed by atoms with van der Waals surface area (Å²) >= 11 is 1.64. The molecule has 3 rings (SSSR count). The Morgan fingerprint density at radius 1 is 1.33 bits per heavy atom. The average molecular weight is 313 g/mol. The maximum atomic E-state index is 9.10. The van der Waals surface area contributed by atoms with Gasteiger partial charge in [0, 0.05) is 25.4 Å². The number of aliphatic carboxylic acids is 2. The largest absolute Gasteiger partial charge is 0.473 e. The minimum atomic E-state index is -1.82. The number of carbonyl (C=O) groups is 2. The van der Waals surface area contributed by atoms with E-state index in [2.05, 4.69) is 21.2 Å². The maximum absolute atomic E-state index is 9.10. The Labute approximate surface area is 126 Å². The van der Waals surface area contributed by atoms with Crippen molar-refractivity contribution in [2.45, 2.75) is 32.1 Å². The quantitative estimate of drug-likeness (QED) is 0.804. The molecule has 2 saturated heterocycles. The van der Waals surface area contributed by atoms with Crippen LogP contribution in [0, 0.1) is 5.92 Å². The van der Waals surface area contributed by atoms with Crippen LogP contribution < -0.4 is 0 Å². The molecular weight excluding hydrogens is 294 g/mol. The summed E-state index contributed by atoms with van der Waals surface area (Å²) < 4.78 is 4.45. The van der Waals surface area contributed by atoms with Crippen molar-refractivity contribution in [1.29, 1.82) is 0 Å². The fourth-order valence-electron chi connectivity index (χ4n) is 2.81. The second-order valence-electron chi connectivity index (χ2n) is 5.32. The highest BCUT2D eigenvalue weighted by molar-refractivity contribution is 7.05. The first-order valence-electron chi connectivity index (χ1n) is 7.02. The number of piperidine rings is 1. The van der Waals surface area contributed by atoms with Gasteiger partial charge in [0.2, 0.25) is 0 Å². The monoisotopic (exact) mass is 313 g/mol. The predicted octanol–water partition coefficient (Wildman–Crippen LogP) is 1.07. The Morgan fingerprint density at radius 3 is 2.52 bits per heavy atom. The number of hydrogen-bond donors (Lipinski definition) is 2. The third-order valence-electron chi connectivity index (χ3n) is 3.79. The van der Waals surface area contributed by atoms with Gasteiger partial charge in [-0.25, -0.2) is 14.6 Å². The van der Waals surface area contributed by atoms with Gasteiger partial charge in [0.15, 0.2) is 0 Å². The van der Waals surface area contributed by atoms with Gasteiger partial charge in [0.25, 0.3) is 0 Å². The molecule has 2 aliphatic rings. The second kappa shape index (κ2) is 6.95. The summed E-state index contributed by atoms with van der Waals surface area (Å²) in [6.45, 7) is 6.02. The number of rotatable bonds is 3. The van der Waals surface area contributed by atoms with Gasteiger partial charge in [0.1, 0.15) is 10.8 Å². The third-order valence-corrected chi connectivity index (χ3v) is 4.67. The molecule has 2 aliphatic heterocycles. The molecule has 3 atom stereocenters. The Balaban J connectivity index is 0.000000232. The van der Waals surface area contributed by atoms with Crippen molar-refractivity contribution >= 4 is 23.5 Å². The lowest BCUT2D eigenvalue weighted by Crippen LogP contribution is -2.22. The minimum Gasteiger partial charge on any atom is -0.473 e. The lowest BCUT2D eigenvalue weighted by Gasteiger charge is -2.19. The summed E-state index contributed by atoms with van der Waals surface area (Å²) in [4.78, 5) is 25.4. The van der Waals surface area contributed by atoms with E-state index >= 15 is 0 Å². The van der Waals surface area contributed by atoms with Crippen molar-refractivity contribution in [2.24, 2.45) is 5.92 Å². The number of aryl methyl sites for hydroxylation is 1. The molecule has 2 N–H and O–H groups in total. The summed E-state index contributed by atoms with van der Waals surface area (Å²) in [6.07, 6.45) is 3.56. The van der Waals surface area contributed by atoms with E-state index in [4.69, 9.17) is 19.8 Å². The summed E-state index contributed by atoms with van der Waals surface area (Å²) in [7, 11) is 0. The van der Waals surface area contributed by atoms with Gasteiger partial charge < -0.3 is 15.1 Å². The minimum absolute atomic E-state index is 0.696. The van der Waals surface area contributed by atoms with Gasteiger partial charge in [-0.2, -0.15) is 4.37 Å². The van der Waals surface area contributed by atoms with Crippen LogP contribution in [0.2, 0.25) is 0 Å². The molecule has 0 spiro atoms. The average Bonchev–Trinajstić information content (AvgIpc) is 3.15. The molecule has 7 nitrogen and oxygen atoms in total. The van der Waals surface area contributed by atoms with E-state index in [0.29, 0.717) is 5.92 Å². The van der Waals surface area contributed by atoms with E-state index in [1.54, 1.807) is 11.5 Å². The zero-order valence-electron chi connectivity index (χ0n) is 11.9. The lowest BCUT2D eigenvalue weighted by atomic mass is 9.93. The Kier molecular flexibility index (Phi) is 5.24. The first-order chi connectivity index (χ1) is 10.0. The molecule has 0 aliphatic carbocycles. The molecule has 1 aromatic heterocycles. The van der Waals surface area contributed by atoms with Crippen LogP contribution in [-0.2, 0) is 16.0 Å². The van der Waals surface area contributed by atoms with Crippen molar-refractivity contribution in [2.75, 3.05) is 19.6 Å². The van der Waals surface area contributed by atoms with E-state index in [1.165, 1.54) is 31.1 Å². The molecule has 3 unspecified atom stereocenters. The number of nitrogens with zero attached hydrogens (tertiary/aromatic N) is 3. The van der Waals surface area contributed by atoms with Crippen molar-refractivity contribution in [1.82, 2.24) is 14.3 Å². The van der Waals surface area contributed by atoms with Crippen molar-refractivity contribution in [3.63, 3.8) is 0 Å². The van der Waals surface area contributed by atoms with Crippen LogP contribution in [0.3, 0.4) is 0 Å². The van der Waals surface area contributed by atoms with Gasteiger partial charge in [-0.05, 0) is 36.8 Å². The van der Waals surface area contributed by atoms with E-state index < -0.39 is 11.9 Å². The Bertz CT molecular complexity index is 507. The molecule has 3 heterocycles. The Morgan fingerprint density at radius 2 is 2.05 bits per heavy atom. The highest BCUT2D eigenvalue weighted by Gasteiger charge is 2.40. The van der Waals surface area contributed by atoms with Gasteiger partial charge in [0.05, 0.1) is 0 Å². The van der Waals surface area contributed by atoms with Gasteiger partial charge in [-0.15, -0.1) is 0 Å². The summed E-state index contributed by atoms with van der Waals surface area (Å²) in [5.74, 6) is -1.02. The Hall–Kier alpha value is -1.54. The molecule has 0 radical (unpaired) electrons. The topological polar surface area (TPSA) is 104 Å². The van der Waals surface area contributed by atoms with Crippen LogP contribution >= 0.6 is 11.5 Å². The number of aromatic nitrogens is 2. The molecule has 116 valence electrons. The van der Waals surface area contributed by atoms with E-state index in [0.717, 1.165) is 24.6 Å². The molecule has 2 fully saturated rings. The van der Waals surface area contributed by atoms with Crippen molar-refractivity contribution in [3.05, 3.63) is 10.8 Å². The number of carboxylic acid groups (broad SMARTS) is 2.